The molecule has 17 heavy (non-hydrogen) atoms. The van der Waals surface area contributed by atoms with Gasteiger partial charge in [0.15, 0.2) is 5.82 Å². The van der Waals surface area contributed by atoms with E-state index in [0.29, 0.717) is 31.1 Å². The summed E-state index contributed by atoms with van der Waals surface area (Å²) in [7, 11) is 0. The van der Waals surface area contributed by atoms with Crippen molar-refractivity contribution in [3.63, 3.8) is 0 Å². The van der Waals surface area contributed by atoms with E-state index in [2.05, 4.69) is 25.7 Å². The molecule has 2 heterocycles. The lowest BCUT2D eigenvalue weighted by Crippen LogP contribution is -2.23. The lowest BCUT2D eigenvalue weighted by atomic mass is 10.3. The summed E-state index contributed by atoms with van der Waals surface area (Å²) in [6, 6.07) is 1.81. The molecule has 0 spiro atoms. The van der Waals surface area contributed by atoms with E-state index in [-0.39, 0.29) is 5.91 Å². The van der Waals surface area contributed by atoms with E-state index in [9.17, 15) is 4.79 Å². The molecule has 90 valence electrons. The number of hydrogen-bond donors (Lipinski definition) is 2. The third-order valence-electron chi connectivity index (χ3n) is 2.17. The first-order chi connectivity index (χ1) is 8.24. The fourth-order valence-electron chi connectivity index (χ4n) is 1.33. The molecule has 0 aliphatic carbocycles. The minimum Gasteiger partial charge on any atom is -0.350 e. The van der Waals surface area contributed by atoms with Gasteiger partial charge in [0, 0.05) is 19.0 Å². The van der Waals surface area contributed by atoms with Crippen molar-refractivity contribution < 1.29 is 9.32 Å². The van der Waals surface area contributed by atoms with Gasteiger partial charge in [-0.15, -0.1) is 0 Å². The highest BCUT2D eigenvalue weighted by molar-refractivity contribution is 5.75. The van der Waals surface area contributed by atoms with Crippen LogP contribution in [0.15, 0.2) is 16.8 Å². The highest BCUT2D eigenvalue weighted by Crippen LogP contribution is 2.00. The zero-order valence-corrected chi connectivity index (χ0v) is 9.43. The largest absolute Gasteiger partial charge is 0.350 e. The van der Waals surface area contributed by atoms with Crippen LogP contribution in [0.25, 0.3) is 0 Å². The molecule has 0 saturated heterocycles. The second kappa shape index (κ2) is 5.24. The van der Waals surface area contributed by atoms with E-state index in [1.807, 2.05) is 6.07 Å². The molecular formula is C10H13N5O2. The summed E-state index contributed by atoms with van der Waals surface area (Å²) in [5.74, 6) is 1.01. The normalized spacial score (nSPS) is 10.4. The number of H-pyrrole nitrogens is 1. The van der Waals surface area contributed by atoms with Gasteiger partial charge in [0.05, 0.1) is 12.2 Å². The van der Waals surface area contributed by atoms with Crippen LogP contribution < -0.4 is 5.32 Å². The fourth-order valence-corrected chi connectivity index (χ4v) is 1.33. The van der Waals surface area contributed by atoms with Crippen molar-refractivity contribution in [3.05, 3.63) is 29.7 Å². The Morgan fingerprint density at radius 2 is 2.47 bits per heavy atom. The van der Waals surface area contributed by atoms with Crippen LogP contribution in [0.3, 0.4) is 0 Å². The Hall–Kier alpha value is -2.18. The number of aryl methyl sites for hydroxylation is 2. The van der Waals surface area contributed by atoms with Crippen LogP contribution in [-0.4, -0.2) is 26.2 Å². The van der Waals surface area contributed by atoms with Crippen LogP contribution in [0.1, 0.15) is 23.8 Å². The molecule has 2 rings (SSSR count). The van der Waals surface area contributed by atoms with Crippen molar-refractivity contribution in [2.45, 2.75) is 26.3 Å². The highest BCUT2D eigenvalue weighted by atomic mass is 16.5. The monoisotopic (exact) mass is 235 g/mol. The molecule has 0 aliphatic heterocycles. The predicted octanol–water partition coefficient (Wildman–Crippen LogP) is 0.350. The number of nitrogens with zero attached hydrogens (tertiary/aromatic N) is 3. The average Bonchev–Trinajstić information content (AvgIpc) is 2.95. The molecule has 0 bridgehead atoms. The maximum atomic E-state index is 11.5. The SMILES string of the molecule is Cc1noc(CCC(=O)NCc2ccn[nH]2)n1. The maximum absolute atomic E-state index is 11.5. The van der Waals surface area contributed by atoms with Crippen LogP contribution in [-0.2, 0) is 17.8 Å². The van der Waals surface area contributed by atoms with Crippen molar-refractivity contribution in [3.8, 4) is 0 Å². The van der Waals surface area contributed by atoms with Crippen LogP contribution in [0.4, 0.5) is 0 Å². The van der Waals surface area contributed by atoms with E-state index in [1.165, 1.54) is 0 Å². The molecular weight excluding hydrogens is 222 g/mol. The first-order valence-corrected chi connectivity index (χ1v) is 5.28. The van der Waals surface area contributed by atoms with Crippen LogP contribution in [0.2, 0.25) is 0 Å². The second-order valence-electron chi connectivity index (χ2n) is 3.59. The Bertz CT molecular complexity index is 477. The van der Waals surface area contributed by atoms with Gasteiger partial charge in [0.1, 0.15) is 0 Å². The average molecular weight is 235 g/mol. The second-order valence-corrected chi connectivity index (χ2v) is 3.59. The zero-order chi connectivity index (χ0) is 12.1. The minimum absolute atomic E-state index is 0.0598. The fraction of sp³-hybridized carbons (Fsp3) is 0.400. The molecule has 0 unspecified atom stereocenters. The first-order valence-electron chi connectivity index (χ1n) is 5.28. The molecule has 2 aromatic heterocycles. The molecule has 1 amide bonds. The summed E-state index contributed by atoms with van der Waals surface area (Å²) in [6.07, 6.45) is 2.42. The number of carbonyl (C=O) groups is 1. The number of hydrogen-bond acceptors (Lipinski definition) is 5. The summed E-state index contributed by atoms with van der Waals surface area (Å²) in [5, 5.41) is 13.0. The van der Waals surface area contributed by atoms with Gasteiger partial charge in [-0.2, -0.15) is 10.1 Å². The van der Waals surface area contributed by atoms with Gasteiger partial charge in [0.25, 0.3) is 0 Å². The van der Waals surface area contributed by atoms with Gasteiger partial charge in [0.2, 0.25) is 11.8 Å². The van der Waals surface area contributed by atoms with Crippen molar-refractivity contribution in [1.29, 1.82) is 0 Å². The predicted molar refractivity (Wildman–Crippen MR) is 57.8 cm³/mol. The van der Waals surface area contributed by atoms with Crippen molar-refractivity contribution in [2.24, 2.45) is 0 Å². The van der Waals surface area contributed by atoms with Gasteiger partial charge in [-0.25, -0.2) is 0 Å². The number of nitrogens with one attached hydrogen (secondary N) is 2. The molecule has 0 aliphatic rings. The number of aromatic amines is 1. The highest BCUT2D eigenvalue weighted by Gasteiger charge is 2.07. The van der Waals surface area contributed by atoms with E-state index >= 15 is 0 Å². The smallest absolute Gasteiger partial charge is 0.227 e. The van der Waals surface area contributed by atoms with Crippen molar-refractivity contribution in [2.75, 3.05) is 0 Å². The van der Waals surface area contributed by atoms with E-state index in [0.717, 1.165) is 5.69 Å². The van der Waals surface area contributed by atoms with Gasteiger partial charge in [-0.3, -0.25) is 9.89 Å². The Labute approximate surface area is 97.6 Å². The van der Waals surface area contributed by atoms with E-state index < -0.39 is 0 Å². The Balaban J connectivity index is 1.71. The summed E-state index contributed by atoms with van der Waals surface area (Å²) in [5.41, 5.74) is 0.868. The lowest BCUT2D eigenvalue weighted by Gasteiger charge is -2.01. The Morgan fingerprint density at radius 1 is 1.59 bits per heavy atom. The molecule has 0 saturated carbocycles. The Morgan fingerprint density at radius 3 is 3.12 bits per heavy atom. The topological polar surface area (TPSA) is 96.7 Å². The number of amides is 1. The van der Waals surface area contributed by atoms with Crippen molar-refractivity contribution in [1.82, 2.24) is 25.7 Å². The first kappa shape index (κ1) is 11.3. The molecule has 7 heteroatoms. The van der Waals surface area contributed by atoms with Crippen LogP contribution in [0.5, 0.6) is 0 Å². The summed E-state index contributed by atoms with van der Waals surface area (Å²) in [4.78, 5) is 15.5. The summed E-state index contributed by atoms with van der Waals surface area (Å²) < 4.78 is 4.91. The van der Waals surface area contributed by atoms with Gasteiger partial charge in [-0.05, 0) is 13.0 Å². The molecule has 0 atom stereocenters. The molecule has 0 aromatic carbocycles. The number of rotatable bonds is 5. The van der Waals surface area contributed by atoms with Gasteiger partial charge >= 0.3 is 0 Å². The molecule has 2 N–H and O–H groups in total. The van der Waals surface area contributed by atoms with E-state index in [4.69, 9.17) is 4.52 Å². The zero-order valence-electron chi connectivity index (χ0n) is 9.43. The molecule has 0 fully saturated rings. The third kappa shape index (κ3) is 3.40. The summed E-state index contributed by atoms with van der Waals surface area (Å²) in [6.45, 7) is 2.19. The Kier molecular flexibility index (Phi) is 3.49. The van der Waals surface area contributed by atoms with Crippen molar-refractivity contribution >= 4 is 5.91 Å². The third-order valence-corrected chi connectivity index (χ3v) is 2.17. The van der Waals surface area contributed by atoms with Crippen LogP contribution >= 0.6 is 0 Å². The molecule has 2 aromatic rings. The lowest BCUT2D eigenvalue weighted by molar-refractivity contribution is -0.121. The number of aromatic nitrogens is 4. The van der Waals surface area contributed by atoms with Gasteiger partial charge < -0.3 is 9.84 Å². The standard InChI is InChI=1S/C10H13N5O2/c1-7-13-10(17-15-7)3-2-9(16)11-6-8-4-5-12-14-8/h4-5H,2-3,6H2,1H3,(H,11,16)(H,12,14). The maximum Gasteiger partial charge on any atom is 0.227 e. The molecule has 7 nitrogen and oxygen atoms in total. The van der Waals surface area contributed by atoms with Gasteiger partial charge in [-0.1, -0.05) is 5.16 Å². The van der Waals surface area contributed by atoms with E-state index in [1.54, 1.807) is 13.1 Å². The molecule has 0 radical (unpaired) electrons. The minimum atomic E-state index is -0.0598. The summed E-state index contributed by atoms with van der Waals surface area (Å²) >= 11 is 0. The number of carbonyl (C=O) groups excluding carboxylic acids is 1. The quantitative estimate of drug-likeness (QED) is 0.779. The van der Waals surface area contributed by atoms with Crippen LogP contribution in [0, 0.1) is 6.92 Å².